The Morgan fingerprint density at radius 3 is 2.61 bits per heavy atom. The molecule has 0 fully saturated rings. The second-order valence-electron chi connectivity index (χ2n) is 10.3. The lowest BCUT2D eigenvalue weighted by molar-refractivity contribution is 0.0717. The minimum Gasteiger partial charge on any atom is -0.331 e. The third kappa shape index (κ3) is 4.48. The average Bonchev–Trinajstić information content (AvgIpc) is 3.47. The second-order valence-corrected chi connectivity index (χ2v) is 10.7. The van der Waals surface area contributed by atoms with Crippen molar-refractivity contribution >= 4 is 28.7 Å². The molecule has 5 aromatic rings. The van der Waals surface area contributed by atoms with Crippen LogP contribution in [0.3, 0.4) is 0 Å². The van der Waals surface area contributed by atoms with Crippen LogP contribution in [0.15, 0.2) is 85.1 Å². The topological polar surface area (TPSA) is 51.0 Å². The van der Waals surface area contributed by atoms with Gasteiger partial charge < -0.3 is 9.47 Å². The van der Waals surface area contributed by atoms with Gasteiger partial charge in [0.15, 0.2) is 5.65 Å². The molecular formula is C32H29ClN4O. The minimum atomic E-state index is 0.0246. The lowest BCUT2D eigenvalue weighted by Gasteiger charge is -2.26. The maximum Gasteiger partial charge on any atom is 0.254 e. The Kier molecular flexibility index (Phi) is 6.46. The van der Waals surface area contributed by atoms with Crippen LogP contribution in [0.1, 0.15) is 46.7 Å². The molecule has 1 aliphatic rings. The van der Waals surface area contributed by atoms with Gasteiger partial charge in [0.25, 0.3) is 5.91 Å². The average molecular weight is 521 g/mol. The smallest absolute Gasteiger partial charge is 0.254 e. The van der Waals surface area contributed by atoms with Crippen molar-refractivity contribution in [3.63, 3.8) is 0 Å². The van der Waals surface area contributed by atoms with Crippen LogP contribution in [0, 0.1) is 5.92 Å². The summed E-state index contributed by atoms with van der Waals surface area (Å²) in [7, 11) is 0. The van der Waals surface area contributed by atoms with Gasteiger partial charge in [-0.15, -0.1) is 0 Å². The number of halogens is 1. The summed E-state index contributed by atoms with van der Waals surface area (Å²) in [6.07, 6.45) is 2.63. The van der Waals surface area contributed by atoms with Gasteiger partial charge in [0.1, 0.15) is 11.3 Å². The number of hydrogen-bond donors (Lipinski definition) is 0. The Balaban J connectivity index is 1.41. The van der Waals surface area contributed by atoms with E-state index in [0.717, 1.165) is 45.7 Å². The van der Waals surface area contributed by atoms with Gasteiger partial charge in [-0.1, -0.05) is 80.0 Å². The number of amides is 1. The van der Waals surface area contributed by atoms with Crippen molar-refractivity contribution in [3.05, 3.63) is 118 Å². The molecule has 0 bridgehead atoms. The highest BCUT2D eigenvalue weighted by atomic mass is 35.5. The van der Waals surface area contributed by atoms with Crippen LogP contribution in [0.5, 0.6) is 0 Å². The first-order valence-corrected chi connectivity index (χ1v) is 13.4. The molecule has 190 valence electrons. The maximum absolute atomic E-state index is 14.2. The van der Waals surface area contributed by atoms with E-state index in [-0.39, 0.29) is 5.91 Å². The first-order chi connectivity index (χ1) is 18.5. The summed E-state index contributed by atoms with van der Waals surface area (Å²) in [5.41, 5.74) is 8.02. The maximum atomic E-state index is 14.2. The molecule has 0 atom stereocenters. The van der Waals surface area contributed by atoms with Gasteiger partial charge in [-0.25, -0.2) is 9.97 Å². The fourth-order valence-corrected chi connectivity index (χ4v) is 5.65. The van der Waals surface area contributed by atoms with Crippen LogP contribution in [-0.4, -0.2) is 31.9 Å². The number of pyridine rings is 1. The van der Waals surface area contributed by atoms with E-state index >= 15 is 0 Å². The standard InChI is InChI=1S/C32H29ClN4O/c1-21(2)18-36(32(38)26-13-7-11-23-17-22-9-3-5-12-25(22)30(23)26)20-29-35-28-15-8-16-34-31(28)37(29)19-24-10-4-6-14-27(24)33/h3-16,21H,17-20H2,1-2H3. The van der Waals surface area contributed by atoms with Crippen molar-refractivity contribution < 1.29 is 4.79 Å². The number of hydrogen-bond acceptors (Lipinski definition) is 3. The lowest BCUT2D eigenvalue weighted by atomic mass is 9.98. The van der Waals surface area contributed by atoms with Crippen LogP contribution in [-0.2, 0) is 19.5 Å². The van der Waals surface area contributed by atoms with E-state index in [4.69, 9.17) is 16.6 Å². The van der Waals surface area contributed by atoms with Gasteiger partial charge in [0, 0.05) is 23.3 Å². The number of fused-ring (bicyclic) bond motifs is 4. The van der Waals surface area contributed by atoms with Gasteiger partial charge in [-0.2, -0.15) is 0 Å². The number of carbonyl (C=O) groups is 1. The summed E-state index contributed by atoms with van der Waals surface area (Å²) in [6, 6.07) is 26.2. The zero-order chi connectivity index (χ0) is 26.2. The van der Waals surface area contributed by atoms with E-state index < -0.39 is 0 Å². The van der Waals surface area contributed by atoms with Crippen molar-refractivity contribution in [2.24, 2.45) is 5.92 Å². The lowest BCUT2D eigenvalue weighted by Crippen LogP contribution is -2.35. The summed E-state index contributed by atoms with van der Waals surface area (Å²) in [5, 5.41) is 0.699. The molecule has 0 saturated heterocycles. The fraction of sp³-hybridized carbons (Fsp3) is 0.219. The highest BCUT2D eigenvalue weighted by molar-refractivity contribution is 6.31. The Hall–Kier alpha value is -3.96. The Morgan fingerprint density at radius 2 is 1.76 bits per heavy atom. The van der Waals surface area contributed by atoms with Crippen LogP contribution < -0.4 is 0 Å². The summed E-state index contributed by atoms with van der Waals surface area (Å²) >= 11 is 6.53. The number of carbonyl (C=O) groups excluding carboxylic acids is 1. The summed E-state index contributed by atoms with van der Waals surface area (Å²) in [5.74, 6) is 1.11. The molecule has 2 aromatic heterocycles. The Bertz CT molecular complexity index is 1650. The molecule has 0 unspecified atom stereocenters. The SMILES string of the molecule is CC(C)CN(Cc1nc2cccnc2n1Cc1ccccc1Cl)C(=O)c1cccc2c1-c1ccccc1C2. The van der Waals surface area contributed by atoms with E-state index in [1.54, 1.807) is 6.20 Å². The van der Waals surface area contributed by atoms with Gasteiger partial charge in [0.05, 0.1) is 13.1 Å². The van der Waals surface area contributed by atoms with Crippen LogP contribution in [0.25, 0.3) is 22.3 Å². The number of aromatic nitrogens is 3. The summed E-state index contributed by atoms with van der Waals surface area (Å²) < 4.78 is 2.09. The number of nitrogens with zero attached hydrogens (tertiary/aromatic N) is 4. The molecule has 3 aromatic carbocycles. The fourth-order valence-electron chi connectivity index (χ4n) is 5.46. The molecule has 0 N–H and O–H groups in total. The summed E-state index contributed by atoms with van der Waals surface area (Å²) in [6.45, 7) is 5.80. The van der Waals surface area contributed by atoms with Gasteiger partial charge in [-0.05, 0) is 64.4 Å². The van der Waals surface area contributed by atoms with E-state index in [1.807, 2.05) is 59.5 Å². The molecule has 5 nitrogen and oxygen atoms in total. The molecule has 1 aliphatic carbocycles. The van der Waals surface area contributed by atoms with Crippen LogP contribution in [0.4, 0.5) is 0 Å². The number of benzene rings is 3. The highest BCUT2D eigenvalue weighted by Crippen LogP contribution is 2.39. The predicted molar refractivity (Wildman–Crippen MR) is 152 cm³/mol. The number of imidazole rings is 1. The van der Waals surface area contributed by atoms with Crippen LogP contribution in [0.2, 0.25) is 5.02 Å². The van der Waals surface area contributed by atoms with Crippen molar-refractivity contribution in [3.8, 4) is 11.1 Å². The molecular weight excluding hydrogens is 492 g/mol. The molecule has 0 spiro atoms. The summed E-state index contributed by atoms with van der Waals surface area (Å²) in [4.78, 5) is 25.7. The molecule has 1 amide bonds. The van der Waals surface area contributed by atoms with Gasteiger partial charge in [0.2, 0.25) is 0 Å². The third-order valence-corrected chi connectivity index (χ3v) is 7.49. The monoisotopic (exact) mass is 520 g/mol. The van der Waals surface area contributed by atoms with Crippen molar-refractivity contribution in [2.45, 2.75) is 33.4 Å². The zero-order valence-corrected chi connectivity index (χ0v) is 22.3. The third-order valence-electron chi connectivity index (χ3n) is 7.12. The predicted octanol–water partition coefficient (Wildman–Crippen LogP) is 7.00. The zero-order valence-electron chi connectivity index (χ0n) is 21.6. The van der Waals surface area contributed by atoms with Crippen molar-refractivity contribution in [1.82, 2.24) is 19.4 Å². The Labute approximate surface area is 227 Å². The second kappa shape index (κ2) is 10.1. The van der Waals surface area contributed by atoms with Gasteiger partial charge in [-0.3, -0.25) is 4.79 Å². The van der Waals surface area contributed by atoms with E-state index in [0.29, 0.717) is 30.6 Å². The molecule has 0 saturated carbocycles. The van der Waals surface area contributed by atoms with E-state index in [2.05, 4.69) is 47.7 Å². The minimum absolute atomic E-state index is 0.0246. The molecule has 6 rings (SSSR count). The van der Waals surface area contributed by atoms with E-state index in [9.17, 15) is 4.79 Å². The van der Waals surface area contributed by atoms with Crippen molar-refractivity contribution in [1.29, 1.82) is 0 Å². The first-order valence-electron chi connectivity index (χ1n) is 13.0. The quantitative estimate of drug-likeness (QED) is 0.227. The normalized spacial score (nSPS) is 12.1. The van der Waals surface area contributed by atoms with Gasteiger partial charge >= 0.3 is 0 Å². The Morgan fingerprint density at radius 1 is 0.974 bits per heavy atom. The molecule has 0 radical (unpaired) electrons. The highest BCUT2D eigenvalue weighted by Gasteiger charge is 2.28. The molecule has 0 aliphatic heterocycles. The van der Waals surface area contributed by atoms with Crippen molar-refractivity contribution in [2.75, 3.05) is 6.54 Å². The van der Waals surface area contributed by atoms with Crippen LogP contribution >= 0.6 is 11.6 Å². The molecule has 38 heavy (non-hydrogen) atoms. The largest absolute Gasteiger partial charge is 0.331 e. The molecule has 2 heterocycles. The molecule has 6 heteroatoms. The van der Waals surface area contributed by atoms with E-state index in [1.165, 1.54) is 11.1 Å². The number of rotatable bonds is 7. The first kappa shape index (κ1) is 24.4.